The van der Waals surface area contributed by atoms with Crippen LogP contribution in [0.15, 0.2) is 0 Å². The molecule has 21 heavy (non-hydrogen) atoms. The molecule has 1 N–H and O–H groups in total. The Hall–Kier alpha value is -0.170. The minimum Gasteiger partial charge on any atom is -0.368 e. The third-order valence-electron chi connectivity index (χ3n) is 5.12. The zero-order valence-corrected chi connectivity index (χ0v) is 15.0. The molecule has 2 aliphatic heterocycles. The Morgan fingerprint density at radius 3 is 2.38 bits per heavy atom. The largest absolute Gasteiger partial charge is 0.368 e. The van der Waals surface area contributed by atoms with Crippen molar-refractivity contribution in [1.82, 2.24) is 10.2 Å². The van der Waals surface area contributed by atoms with Crippen LogP contribution < -0.4 is 5.32 Å². The summed E-state index contributed by atoms with van der Waals surface area (Å²) in [6.45, 7) is 12.1. The standard InChI is InChI=1S/C15H30N2O3S/c1-11-10-21(18,19)8-7-17(11)9-12-13(16-6)15(4,5)20-14(12,2)3/h11-13,16H,7-10H2,1-6H3. The van der Waals surface area contributed by atoms with Crippen molar-refractivity contribution in [2.24, 2.45) is 5.92 Å². The van der Waals surface area contributed by atoms with Gasteiger partial charge in [0.25, 0.3) is 0 Å². The van der Waals surface area contributed by atoms with Gasteiger partial charge in [0.05, 0.1) is 22.7 Å². The SMILES string of the molecule is CNC1C(CN2CCS(=O)(=O)CC2C)C(C)(C)OC1(C)C. The molecule has 2 heterocycles. The number of rotatable bonds is 3. The maximum absolute atomic E-state index is 11.7. The summed E-state index contributed by atoms with van der Waals surface area (Å²) in [4.78, 5) is 2.31. The molecule has 3 atom stereocenters. The van der Waals surface area contributed by atoms with Gasteiger partial charge in [-0.3, -0.25) is 4.90 Å². The third-order valence-corrected chi connectivity index (χ3v) is 6.92. The Kier molecular flexibility index (Phi) is 4.48. The summed E-state index contributed by atoms with van der Waals surface area (Å²) in [5.41, 5.74) is -0.429. The Morgan fingerprint density at radius 1 is 1.24 bits per heavy atom. The zero-order chi connectivity index (χ0) is 16.1. The molecule has 0 spiro atoms. The summed E-state index contributed by atoms with van der Waals surface area (Å²) in [7, 11) is -0.877. The Balaban J connectivity index is 2.14. The van der Waals surface area contributed by atoms with Crippen LogP contribution in [0.5, 0.6) is 0 Å². The third kappa shape index (κ3) is 3.44. The maximum atomic E-state index is 11.7. The van der Waals surface area contributed by atoms with Crippen LogP contribution in [0.1, 0.15) is 34.6 Å². The van der Waals surface area contributed by atoms with Gasteiger partial charge in [-0.25, -0.2) is 8.42 Å². The predicted octanol–water partition coefficient (Wildman–Crippen LogP) is 0.897. The highest BCUT2D eigenvalue weighted by molar-refractivity contribution is 7.91. The highest BCUT2D eigenvalue weighted by Crippen LogP contribution is 2.42. The molecule has 0 aromatic carbocycles. The van der Waals surface area contributed by atoms with Gasteiger partial charge in [0.2, 0.25) is 0 Å². The smallest absolute Gasteiger partial charge is 0.153 e. The highest BCUT2D eigenvalue weighted by Gasteiger charge is 2.53. The molecule has 0 amide bonds. The molecule has 3 unspecified atom stereocenters. The second kappa shape index (κ2) is 5.48. The molecule has 0 aromatic rings. The molecule has 5 nitrogen and oxygen atoms in total. The summed E-state index contributed by atoms with van der Waals surface area (Å²) >= 11 is 0. The summed E-state index contributed by atoms with van der Waals surface area (Å²) in [5.74, 6) is 0.883. The minimum absolute atomic E-state index is 0.0840. The van der Waals surface area contributed by atoms with E-state index >= 15 is 0 Å². The second-order valence-electron chi connectivity index (χ2n) is 7.64. The van der Waals surface area contributed by atoms with E-state index in [1.807, 2.05) is 14.0 Å². The Labute approximate surface area is 129 Å². The van der Waals surface area contributed by atoms with Gasteiger partial charge in [-0.2, -0.15) is 0 Å². The molecule has 2 aliphatic rings. The first-order chi connectivity index (χ1) is 9.48. The lowest BCUT2D eigenvalue weighted by Gasteiger charge is -2.39. The van der Waals surface area contributed by atoms with E-state index in [1.165, 1.54) is 0 Å². The van der Waals surface area contributed by atoms with Crippen molar-refractivity contribution in [2.75, 3.05) is 31.6 Å². The summed E-state index contributed by atoms with van der Waals surface area (Å²) in [5, 5.41) is 3.41. The fourth-order valence-corrected chi connectivity index (χ4v) is 5.76. The zero-order valence-electron chi connectivity index (χ0n) is 14.1. The van der Waals surface area contributed by atoms with Crippen molar-refractivity contribution in [2.45, 2.75) is 57.9 Å². The molecular weight excluding hydrogens is 288 g/mol. The quantitative estimate of drug-likeness (QED) is 0.838. The van der Waals surface area contributed by atoms with Crippen molar-refractivity contribution in [3.63, 3.8) is 0 Å². The lowest BCUT2D eigenvalue weighted by atomic mass is 9.82. The molecule has 2 saturated heterocycles. The van der Waals surface area contributed by atoms with Gasteiger partial charge < -0.3 is 10.1 Å². The van der Waals surface area contributed by atoms with E-state index in [-0.39, 0.29) is 34.8 Å². The number of sulfone groups is 1. The van der Waals surface area contributed by atoms with Gasteiger partial charge in [0.15, 0.2) is 9.84 Å². The van der Waals surface area contributed by atoms with Crippen LogP contribution in [0.25, 0.3) is 0 Å². The lowest BCUT2D eigenvalue weighted by Crippen LogP contribution is -2.54. The molecule has 2 fully saturated rings. The molecule has 0 radical (unpaired) electrons. The van der Waals surface area contributed by atoms with Gasteiger partial charge in [-0.05, 0) is 41.7 Å². The van der Waals surface area contributed by atoms with E-state index in [0.29, 0.717) is 12.5 Å². The maximum Gasteiger partial charge on any atom is 0.153 e. The van der Waals surface area contributed by atoms with Gasteiger partial charge in [0.1, 0.15) is 0 Å². The van der Waals surface area contributed by atoms with Crippen LogP contribution in [0.4, 0.5) is 0 Å². The van der Waals surface area contributed by atoms with Crippen LogP contribution in [0, 0.1) is 5.92 Å². The number of nitrogens with zero attached hydrogens (tertiary/aromatic N) is 1. The highest BCUT2D eigenvalue weighted by atomic mass is 32.2. The van der Waals surface area contributed by atoms with Crippen molar-refractivity contribution >= 4 is 9.84 Å². The Morgan fingerprint density at radius 2 is 1.86 bits per heavy atom. The summed E-state index contributed by atoms with van der Waals surface area (Å²) in [6.07, 6.45) is 0. The van der Waals surface area contributed by atoms with Gasteiger partial charge in [-0.1, -0.05) is 0 Å². The summed E-state index contributed by atoms with van der Waals surface area (Å²) in [6, 6.07) is 0.346. The summed E-state index contributed by atoms with van der Waals surface area (Å²) < 4.78 is 29.7. The molecule has 0 aromatic heterocycles. The first kappa shape index (κ1) is 17.2. The predicted molar refractivity (Wildman–Crippen MR) is 85.3 cm³/mol. The van der Waals surface area contributed by atoms with Gasteiger partial charge >= 0.3 is 0 Å². The van der Waals surface area contributed by atoms with E-state index in [4.69, 9.17) is 4.74 Å². The second-order valence-corrected chi connectivity index (χ2v) is 9.87. The van der Waals surface area contributed by atoms with Crippen LogP contribution in [-0.2, 0) is 14.6 Å². The van der Waals surface area contributed by atoms with Crippen LogP contribution in [0.3, 0.4) is 0 Å². The number of hydrogen-bond acceptors (Lipinski definition) is 5. The van der Waals surface area contributed by atoms with E-state index < -0.39 is 9.84 Å². The molecule has 0 aliphatic carbocycles. The average Bonchev–Trinajstić information content (AvgIpc) is 2.46. The number of hydrogen-bond donors (Lipinski definition) is 1. The van der Waals surface area contributed by atoms with E-state index in [2.05, 4.69) is 37.9 Å². The molecule has 124 valence electrons. The molecule has 0 bridgehead atoms. The van der Waals surface area contributed by atoms with Crippen LogP contribution >= 0.6 is 0 Å². The molecule has 2 rings (SSSR count). The number of likely N-dealkylation sites (N-methyl/N-ethyl adjacent to an activating group) is 1. The minimum atomic E-state index is -2.86. The normalized spacial score (nSPS) is 38.5. The lowest BCUT2D eigenvalue weighted by molar-refractivity contribution is -0.0798. The van der Waals surface area contributed by atoms with Gasteiger partial charge in [0, 0.05) is 31.1 Å². The van der Waals surface area contributed by atoms with Crippen molar-refractivity contribution in [3.8, 4) is 0 Å². The van der Waals surface area contributed by atoms with Crippen LogP contribution in [0.2, 0.25) is 0 Å². The number of ether oxygens (including phenoxy) is 1. The fraction of sp³-hybridized carbons (Fsp3) is 1.00. The molecular formula is C15H30N2O3S. The topological polar surface area (TPSA) is 58.6 Å². The first-order valence-corrected chi connectivity index (χ1v) is 9.62. The monoisotopic (exact) mass is 318 g/mol. The van der Waals surface area contributed by atoms with Crippen molar-refractivity contribution < 1.29 is 13.2 Å². The van der Waals surface area contributed by atoms with E-state index in [1.54, 1.807) is 0 Å². The van der Waals surface area contributed by atoms with E-state index in [9.17, 15) is 8.42 Å². The van der Waals surface area contributed by atoms with Crippen molar-refractivity contribution in [3.05, 3.63) is 0 Å². The molecule has 6 heteroatoms. The van der Waals surface area contributed by atoms with Crippen LogP contribution in [-0.4, -0.2) is 68.2 Å². The Bertz CT molecular complexity index is 487. The first-order valence-electron chi connectivity index (χ1n) is 7.80. The van der Waals surface area contributed by atoms with Gasteiger partial charge in [-0.15, -0.1) is 0 Å². The van der Waals surface area contributed by atoms with Crippen molar-refractivity contribution in [1.29, 1.82) is 0 Å². The van der Waals surface area contributed by atoms with E-state index in [0.717, 1.165) is 6.54 Å². The average molecular weight is 318 g/mol. The fourth-order valence-electron chi connectivity index (χ4n) is 4.13. The number of nitrogens with one attached hydrogen (secondary N) is 1. The molecule has 0 saturated carbocycles.